The average molecular weight is 236 g/mol. The number of nitro benzene ring substituents is 1. The first-order valence-electron chi connectivity index (χ1n) is 4.82. The van der Waals surface area contributed by atoms with Crippen molar-refractivity contribution in [3.05, 3.63) is 40.0 Å². The van der Waals surface area contributed by atoms with E-state index in [1.807, 2.05) is 0 Å². The smallest absolute Gasteiger partial charge is 0.309 e. The van der Waals surface area contributed by atoms with Gasteiger partial charge in [-0.3, -0.25) is 14.9 Å². The predicted octanol–water partition coefficient (Wildman–Crippen LogP) is 1.75. The SMILES string of the molecule is COC(=O)CC=Cc1cccc(N)c1[N+](=O)[O-]. The molecule has 0 radical (unpaired) electrons. The molecule has 2 N–H and O–H groups in total. The number of anilines is 1. The summed E-state index contributed by atoms with van der Waals surface area (Å²) in [7, 11) is 1.28. The third-order valence-corrected chi connectivity index (χ3v) is 2.09. The lowest BCUT2D eigenvalue weighted by atomic mass is 10.1. The Bertz CT molecular complexity index is 469. The molecule has 6 heteroatoms. The Morgan fingerprint density at radius 1 is 1.59 bits per heavy atom. The average Bonchev–Trinajstić information content (AvgIpc) is 2.28. The highest BCUT2D eigenvalue weighted by Gasteiger charge is 2.15. The van der Waals surface area contributed by atoms with Crippen molar-refractivity contribution in [1.29, 1.82) is 0 Å². The number of methoxy groups -OCH3 is 1. The third kappa shape index (κ3) is 3.30. The Hall–Kier alpha value is -2.37. The molecule has 0 fully saturated rings. The molecule has 90 valence electrons. The van der Waals surface area contributed by atoms with Crippen LogP contribution >= 0.6 is 0 Å². The van der Waals surface area contributed by atoms with Crippen LogP contribution in [0.1, 0.15) is 12.0 Å². The highest BCUT2D eigenvalue weighted by Crippen LogP contribution is 2.26. The lowest BCUT2D eigenvalue weighted by Gasteiger charge is -2.00. The van der Waals surface area contributed by atoms with Crippen molar-refractivity contribution in [2.45, 2.75) is 6.42 Å². The van der Waals surface area contributed by atoms with Crippen LogP contribution in [0.25, 0.3) is 6.08 Å². The first kappa shape index (κ1) is 12.7. The summed E-state index contributed by atoms with van der Waals surface area (Å²) in [6.07, 6.45) is 3.03. The van der Waals surface area contributed by atoms with Gasteiger partial charge in [-0.25, -0.2) is 0 Å². The van der Waals surface area contributed by atoms with Gasteiger partial charge in [-0.2, -0.15) is 0 Å². The fraction of sp³-hybridized carbons (Fsp3) is 0.182. The molecule has 0 saturated heterocycles. The summed E-state index contributed by atoms with van der Waals surface area (Å²) in [5.74, 6) is -0.409. The molecule has 0 bridgehead atoms. The number of esters is 1. The van der Waals surface area contributed by atoms with Crippen LogP contribution in [0, 0.1) is 10.1 Å². The molecule has 1 aromatic carbocycles. The van der Waals surface area contributed by atoms with Gasteiger partial charge in [-0.05, 0) is 12.1 Å². The molecule has 0 atom stereocenters. The number of hydrogen-bond donors (Lipinski definition) is 1. The van der Waals surface area contributed by atoms with Crippen LogP contribution in [0.4, 0.5) is 11.4 Å². The molecule has 0 saturated carbocycles. The third-order valence-electron chi connectivity index (χ3n) is 2.09. The number of nitro groups is 1. The normalized spacial score (nSPS) is 10.4. The van der Waals surface area contributed by atoms with Crippen molar-refractivity contribution in [2.75, 3.05) is 12.8 Å². The zero-order valence-electron chi connectivity index (χ0n) is 9.25. The van der Waals surface area contributed by atoms with Gasteiger partial charge in [-0.1, -0.05) is 18.2 Å². The first-order chi connectivity index (χ1) is 8.06. The number of nitrogens with two attached hydrogens (primary N) is 1. The van der Waals surface area contributed by atoms with E-state index in [0.29, 0.717) is 5.56 Å². The van der Waals surface area contributed by atoms with Crippen LogP contribution in [0.5, 0.6) is 0 Å². The lowest BCUT2D eigenvalue weighted by Crippen LogP contribution is -1.98. The molecule has 0 spiro atoms. The molecular formula is C11H12N2O4. The maximum atomic E-state index is 10.9. The van der Waals surface area contributed by atoms with Gasteiger partial charge >= 0.3 is 5.97 Å². The molecule has 0 amide bonds. The van der Waals surface area contributed by atoms with Crippen molar-refractivity contribution in [3.63, 3.8) is 0 Å². The lowest BCUT2D eigenvalue weighted by molar-refractivity contribution is -0.384. The van der Waals surface area contributed by atoms with Crippen LogP contribution < -0.4 is 5.73 Å². The number of carbonyl (C=O) groups excluding carboxylic acids is 1. The molecule has 0 unspecified atom stereocenters. The van der Waals surface area contributed by atoms with Crippen LogP contribution in [0.2, 0.25) is 0 Å². The molecule has 6 nitrogen and oxygen atoms in total. The molecule has 17 heavy (non-hydrogen) atoms. The molecule has 1 rings (SSSR count). The molecule has 0 aliphatic heterocycles. The topological polar surface area (TPSA) is 95.5 Å². The van der Waals surface area contributed by atoms with E-state index in [-0.39, 0.29) is 17.8 Å². The molecule has 0 aromatic heterocycles. The van der Waals surface area contributed by atoms with Gasteiger partial charge in [0, 0.05) is 0 Å². The summed E-state index contributed by atoms with van der Waals surface area (Å²) in [5.41, 5.74) is 5.81. The van der Waals surface area contributed by atoms with Crippen molar-refractivity contribution in [1.82, 2.24) is 0 Å². The number of nitrogen functional groups attached to an aromatic ring is 1. The first-order valence-corrected chi connectivity index (χ1v) is 4.82. The van der Waals surface area contributed by atoms with Crippen LogP contribution in [-0.4, -0.2) is 18.0 Å². The molecule has 1 aromatic rings. The van der Waals surface area contributed by atoms with Gasteiger partial charge in [0.1, 0.15) is 5.69 Å². The Balaban J connectivity index is 2.95. The number of ether oxygens (including phenoxy) is 1. The number of benzene rings is 1. The van der Waals surface area contributed by atoms with Gasteiger partial charge in [0.15, 0.2) is 0 Å². The van der Waals surface area contributed by atoms with Crippen molar-refractivity contribution < 1.29 is 14.5 Å². The van der Waals surface area contributed by atoms with Gasteiger partial charge in [-0.15, -0.1) is 0 Å². The largest absolute Gasteiger partial charge is 0.469 e. The fourth-order valence-corrected chi connectivity index (χ4v) is 1.29. The predicted molar refractivity (Wildman–Crippen MR) is 63.2 cm³/mol. The van der Waals surface area contributed by atoms with Crippen LogP contribution in [0.3, 0.4) is 0 Å². The standard InChI is InChI=1S/C11H12N2O4/c1-17-10(14)7-3-5-8-4-2-6-9(12)11(8)13(15)16/h2-6H,7,12H2,1H3. The second kappa shape index (κ2) is 5.64. The van der Waals surface area contributed by atoms with E-state index in [4.69, 9.17) is 5.73 Å². The molecule has 0 heterocycles. The Kier molecular flexibility index (Phi) is 4.21. The number of hydrogen-bond acceptors (Lipinski definition) is 5. The Morgan fingerprint density at radius 2 is 2.29 bits per heavy atom. The maximum Gasteiger partial charge on any atom is 0.309 e. The quantitative estimate of drug-likeness (QED) is 0.372. The van der Waals surface area contributed by atoms with Crippen LogP contribution in [0.15, 0.2) is 24.3 Å². The van der Waals surface area contributed by atoms with Gasteiger partial charge in [0.25, 0.3) is 5.69 Å². The van der Waals surface area contributed by atoms with E-state index in [0.717, 1.165) is 0 Å². The Morgan fingerprint density at radius 3 is 2.88 bits per heavy atom. The second-order valence-corrected chi connectivity index (χ2v) is 3.22. The van der Waals surface area contributed by atoms with Crippen molar-refractivity contribution >= 4 is 23.4 Å². The minimum atomic E-state index is -0.548. The van der Waals surface area contributed by atoms with Crippen molar-refractivity contribution in [2.24, 2.45) is 0 Å². The summed E-state index contributed by atoms with van der Waals surface area (Å²) in [5, 5.41) is 10.8. The summed E-state index contributed by atoms with van der Waals surface area (Å²) in [6.45, 7) is 0. The zero-order valence-corrected chi connectivity index (χ0v) is 9.25. The molecule has 0 aliphatic carbocycles. The second-order valence-electron chi connectivity index (χ2n) is 3.22. The maximum absolute atomic E-state index is 10.9. The van der Waals surface area contributed by atoms with Crippen LogP contribution in [-0.2, 0) is 9.53 Å². The highest BCUT2D eigenvalue weighted by molar-refractivity contribution is 5.75. The van der Waals surface area contributed by atoms with E-state index in [2.05, 4.69) is 4.74 Å². The van der Waals surface area contributed by atoms with E-state index < -0.39 is 10.9 Å². The fourth-order valence-electron chi connectivity index (χ4n) is 1.29. The number of rotatable bonds is 4. The van der Waals surface area contributed by atoms with Gasteiger partial charge < -0.3 is 10.5 Å². The summed E-state index contributed by atoms with van der Waals surface area (Å²) in [4.78, 5) is 21.1. The summed E-state index contributed by atoms with van der Waals surface area (Å²) >= 11 is 0. The number of nitrogens with zero attached hydrogens (tertiary/aromatic N) is 1. The van der Waals surface area contributed by atoms with E-state index in [1.165, 1.54) is 25.3 Å². The molecular weight excluding hydrogens is 224 g/mol. The Labute approximate surface area is 97.8 Å². The van der Waals surface area contributed by atoms with E-state index >= 15 is 0 Å². The highest BCUT2D eigenvalue weighted by atomic mass is 16.6. The van der Waals surface area contributed by atoms with Gasteiger partial charge in [0.05, 0.1) is 24.0 Å². The zero-order chi connectivity index (χ0) is 12.8. The monoisotopic (exact) mass is 236 g/mol. The van der Waals surface area contributed by atoms with Gasteiger partial charge in [0.2, 0.25) is 0 Å². The molecule has 0 aliphatic rings. The summed E-state index contributed by atoms with van der Waals surface area (Å²) < 4.78 is 4.44. The number of carbonyl (C=O) groups is 1. The number of para-hydroxylation sites is 1. The van der Waals surface area contributed by atoms with E-state index in [9.17, 15) is 14.9 Å². The van der Waals surface area contributed by atoms with E-state index in [1.54, 1.807) is 12.1 Å². The van der Waals surface area contributed by atoms with Crippen molar-refractivity contribution in [3.8, 4) is 0 Å². The summed E-state index contributed by atoms with van der Waals surface area (Å²) in [6, 6.07) is 4.62. The minimum absolute atomic E-state index is 0.0580. The minimum Gasteiger partial charge on any atom is -0.469 e.